The number of nitrogens with two attached hydrogens (primary N) is 1. The van der Waals surface area contributed by atoms with Crippen molar-refractivity contribution in [1.29, 1.82) is 0 Å². The van der Waals surface area contributed by atoms with E-state index in [9.17, 15) is 0 Å². The van der Waals surface area contributed by atoms with Crippen molar-refractivity contribution in [2.75, 3.05) is 0 Å². The van der Waals surface area contributed by atoms with Crippen molar-refractivity contribution >= 4 is 10.8 Å². The lowest BCUT2D eigenvalue weighted by Crippen LogP contribution is -2.38. The summed E-state index contributed by atoms with van der Waals surface area (Å²) in [6, 6.07) is 15.6. The molecule has 112 valence electrons. The summed E-state index contributed by atoms with van der Waals surface area (Å²) >= 11 is 0. The third-order valence-electron chi connectivity index (χ3n) is 4.92. The zero-order valence-corrected chi connectivity index (χ0v) is 12.7. The first-order valence-electron chi connectivity index (χ1n) is 8.29. The molecular formula is C19H26N2. The normalized spacial score (nSPS) is 18.0. The van der Waals surface area contributed by atoms with Gasteiger partial charge in [0.2, 0.25) is 0 Å². The summed E-state index contributed by atoms with van der Waals surface area (Å²) in [6.07, 6.45) is 9.21. The molecule has 2 heteroatoms. The molecule has 0 amide bonds. The van der Waals surface area contributed by atoms with Crippen molar-refractivity contribution in [1.82, 2.24) is 5.43 Å². The lowest BCUT2D eigenvalue weighted by atomic mass is 9.83. The van der Waals surface area contributed by atoms with Crippen LogP contribution in [0.4, 0.5) is 0 Å². The van der Waals surface area contributed by atoms with Gasteiger partial charge in [0.15, 0.2) is 0 Å². The summed E-state index contributed by atoms with van der Waals surface area (Å²) in [5.41, 5.74) is 4.47. The van der Waals surface area contributed by atoms with E-state index in [1.54, 1.807) is 0 Å². The highest BCUT2D eigenvalue weighted by atomic mass is 15.2. The van der Waals surface area contributed by atoms with Crippen molar-refractivity contribution in [3.8, 4) is 0 Å². The number of fused-ring (bicyclic) bond motifs is 1. The van der Waals surface area contributed by atoms with E-state index in [0.29, 0.717) is 6.04 Å². The van der Waals surface area contributed by atoms with Crippen LogP contribution < -0.4 is 11.3 Å². The first-order valence-corrected chi connectivity index (χ1v) is 8.29. The predicted octanol–water partition coefficient (Wildman–Crippen LogP) is 4.18. The van der Waals surface area contributed by atoms with Gasteiger partial charge < -0.3 is 0 Å². The Morgan fingerprint density at radius 3 is 2.57 bits per heavy atom. The lowest BCUT2D eigenvalue weighted by molar-refractivity contribution is 0.298. The van der Waals surface area contributed by atoms with Crippen LogP contribution >= 0.6 is 0 Å². The van der Waals surface area contributed by atoms with Crippen molar-refractivity contribution in [2.24, 2.45) is 11.8 Å². The van der Waals surface area contributed by atoms with Gasteiger partial charge in [0.25, 0.3) is 0 Å². The molecular weight excluding hydrogens is 256 g/mol. The summed E-state index contributed by atoms with van der Waals surface area (Å²) in [5, 5.41) is 2.69. The molecule has 0 aliphatic heterocycles. The minimum Gasteiger partial charge on any atom is -0.271 e. The fourth-order valence-corrected chi connectivity index (χ4v) is 3.77. The van der Waals surface area contributed by atoms with Crippen molar-refractivity contribution in [3.63, 3.8) is 0 Å². The van der Waals surface area contributed by atoms with Gasteiger partial charge in [0, 0.05) is 6.04 Å². The Labute approximate surface area is 127 Å². The molecule has 0 bridgehead atoms. The number of benzene rings is 2. The number of hydrazine groups is 1. The SMILES string of the molecule is NNC(Cc1cccc2ccccc12)CC1CCCCC1. The second kappa shape index (κ2) is 7.06. The van der Waals surface area contributed by atoms with E-state index in [0.717, 1.165) is 12.3 Å². The second-order valence-corrected chi connectivity index (χ2v) is 6.45. The molecule has 0 saturated heterocycles. The molecule has 2 aromatic carbocycles. The number of hydrogen-bond donors (Lipinski definition) is 2. The summed E-state index contributed by atoms with van der Waals surface area (Å²) in [6.45, 7) is 0. The molecule has 3 N–H and O–H groups in total. The summed E-state index contributed by atoms with van der Waals surface area (Å²) < 4.78 is 0. The molecule has 3 rings (SSSR count). The van der Waals surface area contributed by atoms with Crippen LogP contribution in [0.15, 0.2) is 42.5 Å². The van der Waals surface area contributed by atoms with Gasteiger partial charge in [0.1, 0.15) is 0 Å². The molecule has 1 fully saturated rings. The standard InChI is InChI=1S/C19H26N2/c20-21-18(13-15-7-2-1-3-8-15)14-17-11-6-10-16-9-4-5-12-19(16)17/h4-6,9-12,15,18,21H,1-3,7-8,13-14,20H2. The highest BCUT2D eigenvalue weighted by Crippen LogP contribution is 2.28. The van der Waals surface area contributed by atoms with Gasteiger partial charge in [-0.3, -0.25) is 11.3 Å². The van der Waals surface area contributed by atoms with Gasteiger partial charge in [-0.2, -0.15) is 0 Å². The topological polar surface area (TPSA) is 38.0 Å². The Morgan fingerprint density at radius 1 is 1.00 bits per heavy atom. The highest BCUT2D eigenvalue weighted by Gasteiger charge is 2.19. The third kappa shape index (κ3) is 3.63. The van der Waals surface area contributed by atoms with Crippen LogP contribution in [0.1, 0.15) is 44.1 Å². The zero-order chi connectivity index (χ0) is 14.5. The van der Waals surface area contributed by atoms with Gasteiger partial charge in [-0.15, -0.1) is 0 Å². The van der Waals surface area contributed by atoms with Gasteiger partial charge in [0.05, 0.1) is 0 Å². The van der Waals surface area contributed by atoms with Gasteiger partial charge in [-0.1, -0.05) is 74.6 Å². The van der Waals surface area contributed by atoms with E-state index in [1.807, 2.05) is 0 Å². The number of rotatable bonds is 5. The monoisotopic (exact) mass is 282 g/mol. The maximum absolute atomic E-state index is 5.83. The Kier molecular flexibility index (Phi) is 4.89. The molecule has 0 aromatic heterocycles. The average molecular weight is 282 g/mol. The smallest absolute Gasteiger partial charge is 0.0253 e. The van der Waals surface area contributed by atoms with Crippen LogP contribution in [0.25, 0.3) is 10.8 Å². The largest absolute Gasteiger partial charge is 0.271 e. The van der Waals surface area contributed by atoms with E-state index in [1.165, 1.54) is 54.9 Å². The molecule has 2 aromatic rings. The molecule has 21 heavy (non-hydrogen) atoms. The fraction of sp³-hybridized carbons (Fsp3) is 0.474. The summed E-state index contributed by atoms with van der Waals surface area (Å²) in [5.74, 6) is 6.69. The quantitative estimate of drug-likeness (QED) is 0.637. The molecule has 1 aliphatic carbocycles. The third-order valence-corrected chi connectivity index (χ3v) is 4.92. The van der Waals surface area contributed by atoms with E-state index >= 15 is 0 Å². The Balaban J connectivity index is 1.72. The first kappa shape index (κ1) is 14.6. The van der Waals surface area contributed by atoms with Crippen LogP contribution in [0.3, 0.4) is 0 Å². The molecule has 1 atom stereocenters. The molecule has 1 saturated carbocycles. The fourth-order valence-electron chi connectivity index (χ4n) is 3.77. The van der Waals surface area contributed by atoms with E-state index < -0.39 is 0 Å². The lowest BCUT2D eigenvalue weighted by Gasteiger charge is -2.26. The molecule has 1 unspecified atom stereocenters. The molecule has 0 spiro atoms. The zero-order valence-electron chi connectivity index (χ0n) is 12.7. The maximum Gasteiger partial charge on any atom is 0.0253 e. The molecule has 2 nitrogen and oxygen atoms in total. The van der Waals surface area contributed by atoms with Crippen LogP contribution in [0.2, 0.25) is 0 Å². The average Bonchev–Trinajstić information content (AvgIpc) is 2.55. The van der Waals surface area contributed by atoms with Crippen molar-refractivity contribution < 1.29 is 0 Å². The van der Waals surface area contributed by atoms with Crippen LogP contribution in [-0.4, -0.2) is 6.04 Å². The highest BCUT2D eigenvalue weighted by molar-refractivity contribution is 5.85. The minimum absolute atomic E-state index is 0.388. The molecule has 0 heterocycles. The second-order valence-electron chi connectivity index (χ2n) is 6.45. The number of nitrogens with one attached hydrogen (secondary N) is 1. The summed E-state index contributed by atoms with van der Waals surface area (Å²) in [4.78, 5) is 0. The van der Waals surface area contributed by atoms with Crippen LogP contribution in [-0.2, 0) is 6.42 Å². The van der Waals surface area contributed by atoms with E-state index in [2.05, 4.69) is 47.9 Å². The van der Waals surface area contributed by atoms with Gasteiger partial charge in [-0.05, 0) is 35.1 Å². The molecule has 0 radical (unpaired) electrons. The van der Waals surface area contributed by atoms with Crippen molar-refractivity contribution in [3.05, 3.63) is 48.0 Å². The Hall–Kier alpha value is -1.38. The van der Waals surface area contributed by atoms with E-state index in [4.69, 9.17) is 5.84 Å². The van der Waals surface area contributed by atoms with Crippen LogP contribution in [0, 0.1) is 5.92 Å². The van der Waals surface area contributed by atoms with Crippen LogP contribution in [0.5, 0.6) is 0 Å². The Morgan fingerprint density at radius 2 is 1.76 bits per heavy atom. The number of hydrogen-bond acceptors (Lipinski definition) is 2. The molecule has 1 aliphatic rings. The van der Waals surface area contributed by atoms with Crippen molar-refractivity contribution in [2.45, 2.75) is 51.0 Å². The minimum atomic E-state index is 0.388. The predicted molar refractivity (Wildman–Crippen MR) is 90.0 cm³/mol. The van der Waals surface area contributed by atoms with Gasteiger partial charge >= 0.3 is 0 Å². The maximum atomic E-state index is 5.83. The first-order chi connectivity index (χ1) is 10.4. The Bertz CT molecular complexity index is 567. The van der Waals surface area contributed by atoms with E-state index in [-0.39, 0.29) is 0 Å². The van der Waals surface area contributed by atoms with Gasteiger partial charge in [-0.25, -0.2) is 0 Å². The summed E-state index contributed by atoms with van der Waals surface area (Å²) in [7, 11) is 0.